The van der Waals surface area contributed by atoms with Crippen molar-refractivity contribution in [3.8, 4) is 0 Å². The largest absolute Gasteiger partial charge is 0.383 e. The standard InChI is InChI=1S/C13H13N5/c1-9-11(7-10-5-3-2-4-6-10)12(14)18-13(17-9)15-8-16-18/h2-6,8H,7,14H2,1H3. The van der Waals surface area contributed by atoms with Gasteiger partial charge in [-0.25, -0.2) is 4.98 Å². The number of aromatic nitrogens is 4. The molecular formula is C13H13N5. The van der Waals surface area contributed by atoms with Gasteiger partial charge in [0, 0.05) is 17.7 Å². The van der Waals surface area contributed by atoms with Crippen molar-refractivity contribution in [1.29, 1.82) is 0 Å². The number of fused-ring (bicyclic) bond motifs is 1. The highest BCUT2D eigenvalue weighted by Crippen LogP contribution is 2.19. The predicted octanol–water partition coefficient (Wildman–Crippen LogP) is 1.61. The monoisotopic (exact) mass is 239 g/mol. The summed E-state index contributed by atoms with van der Waals surface area (Å²) in [5.41, 5.74) is 9.23. The molecule has 0 amide bonds. The Hall–Kier alpha value is -2.43. The van der Waals surface area contributed by atoms with Crippen molar-refractivity contribution in [2.45, 2.75) is 13.3 Å². The number of hydrogen-bond donors (Lipinski definition) is 1. The van der Waals surface area contributed by atoms with Crippen molar-refractivity contribution in [1.82, 2.24) is 19.6 Å². The zero-order valence-corrected chi connectivity index (χ0v) is 10.0. The molecule has 18 heavy (non-hydrogen) atoms. The molecule has 0 bridgehead atoms. The number of benzene rings is 1. The van der Waals surface area contributed by atoms with Gasteiger partial charge in [0.2, 0.25) is 0 Å². The zero-order valence-electron chi connectivity index (χ0n) is 10.0. The van der Waals surface area contributed by atoms with E-state index in [1.54, 1.807) is 4.52 Å². The molecule has 0 aliphatic carbocycles. The summed E-state index contributed by atoms with van der Waals surface area (Å²) in [4.78, 5) is 8.45. The minimum absolute atomic E-state index is 0.543. The average Bonchev–Trinajstić information content (AvgIpc) is 2.84. The van der Waals surface area contributed by atoms with Crippen molar-refractivity contribution < 1.29 is 0 Å². The van der Waals surface area contributed by atoms with Crippen LogP contribution in [0, 0.1) is 6.92 Å². The van der Waals surface area contributed by atoms with Gasteiger partial charge in [0.1, 0.15) is 12.1 Å². The third-order valence-corrected chi connectivity index (χ3v) is 3.00. The van der Waals surface area contributed by atoms with Gasteiger partial charge in [-0.2, -0.15) is 14.6 Å². The van der Waals surface area contributed by atoms with Gasteiger partial charge in [0.05, 0.1) is 0 Å². The van der Waals surface area contributed by atoms with E-state index >= 15 is 0 Å². The molecule has 2 N–H and O–H groups in total. The molecule has 0 spiro atoms. The Kier molecular flexibility index (Phi) is 2.44. The second-order valence-corrected chi connectivity index (χ2v) is 4.20. The lowest BCUT2D eigenvalue weighted by Crippen LogP contribution is -2.08. The van der Waals surface area contributed by atoms with Crippen LogP contribution in [-0.2, 0) is 6.42 Å². The first-order valence-corrected chi connectivity index (χ1v) is 5.74. The van der Waals surface area contributed by atoms with Crippen LogP contribution in [0.15, 0.2) is 36.7 Å². The number of nitrogens with two attached hydrogens (primary N) is 1. The first kappa shape index (κ1) is 10.7. The normalized spacial score (nSPS) is 10.9. The van der Waals surface area contributed by atoms with Gasteiger partial charge in [-0.05, 0) is 12.5 Å². The highest BCUT2D eigenvalue weighted by atomic mass is 15.3. The zero-order chi connectivity index (χ0) is 12.5. The summed E-state index contributed by atoms with van der Waals surface area (Å²) < 4.78 is 1.57. The van der Waals surface area contributed by atoms with Crippen LogP contribution < -0.4 is 5.73 Å². The molecule has 5 heteroatoms. The summed E-state index contributed by atoms with van der Waals surface area (Å²) in [7, 11) is 0. The second kappa shape index (κ2) is 4.10. The van der Waals surface area contributed by atoms with Gasteiger partial charge in [0.25, 0.3) is 5.78 Å². The average molecular weight is 239 g/mol. The van der Waals surface area contributed by atoms with Crippen LogP contribution in [0.3, 0.4) is 0 Å². The lowest BCUT2D eigenvalue weighted by atomic mass is 10.0. The van der Waals surface area contributed by atoms with Crippen molar-refractivity contribution >= 4 is 11.6 Å². The first-order valence-electron chi connectivity index (χ1n) is 5.74. The highest BCUT2D eigenvalue weighted by molar-refractivity contribution is 5.50. The molecule has 3 rings (SSSR count). The molecule has 0 fully saturated rings. The molecule has 2 heterocycles. The summed E-state index contributed by atoms with van der Waals surface area (Å²) in [5, 5.41) is 4.08. The lowest BCUT2D eigenvalue weighted by Gasteiger charge is -2.09. The molecule has 90 valence electrons. The van der Waals surface area contributed by atoms with Crippen LogP contribution >= 0.6 is 0 Å². The van der Waals surface area contributed by atoms with Crippen LogP contribution in [0.25, 0.3) is 5.78 Å². The first-order chi connectivity index (χ1) is 8.75. The maximum absolute atomic E-state index is 6.13. The van der Waals surface area contributed by atoms with Crippen LogP contribution in [0.1, 0.15) is 16.8 Å². The van der Waals surface area contributed by atoms with E-state index in [-0.39, 0.29) is 0 Å². The maximum atomic E-state index is 6.13. The van der Waals surface area contributed by atoms with Crippen molar-refractivity contribution in [2.75, 3.05) is 5.73 Å². The Morgan fingerprint density at radius 1 is 1.22 bits per heavy atom. The van der Waals surface area contributed by atoms with E-state index in [1.807, 2.05) is 25.1 Å². The van der Waals surface area contributed by atoms with Crippen LogP contribution in [0.2, 0.25) is 0 Å². The van der Waals surface area contributed by atoms with E-state index in [1.165, 1.54) is 11.9 Å². The molecule has 0 saturated carbocycles. The Bertz CT molecular complexity index is 687. The third-order valence-electron chi connectivity index (χ3n) is 3.00. The number of nitrogen functional groups attached to an aromatic ring is 1. The van der Waals surface area contributed by atoms with Gasteiger partial charge in [0.15, 0.2) is 0 Å². The highest BCUT2D eigenvalue weighted by Gasteiger charge is 2.11. The van der Waals surface area contributed by atoms with E-state index in [0.29, 0.717) is 11.6 Å². The van der Waals surface area contributed by atoms with Gasteiger partial charge < -0.3 is 5.73 Å². The topological polar surface area (TPSA) is 69.1 Å². The lowest BCUT2D eigenvalue weighted by molar-refractivity contribution is 0.915. The SMILES string of the molecule is Cc1nc2ncnn2c(N)c1Cc1ccccc1. The van der Waals surface area contributed by atoms with Crippen molar-refractivity contribution in [3.63, 3.8) is 0 Å². The van der Waals surface area contributed by atoms with Gasteiger partial charge in [-0.1, -0.05) is 30.3 Å². The number of anilines is 1. The van der Waals surface area contributed by atoms with Gasteiger partial charge in [-0.3, -0.25) is 0 Å². The smallest absolute Gasteiger partial charge is 0.254 e. The fourth-order valence-electron chi connectivity index (χ4n) is 2.03. The molecule has 0 saturated heterocycles. The van der Waals surface area contributed by atoms with Gasteiger partial charge in [-0.15, -0.1) is 0 Å². The Labute approximate surface area is 104 Å². The summed E-state index contributed by atoms with van der Waals surface area (Å²) >= 11 is 0. The molecule has 2 aromatic heterocycles. The third kappa shape index (κ3) is 1.69. The van der Waals surface area contributed by atoms with Crippen molar-refractivity contribution in [2.24, 2.45) is 0 Å². The maximum Gasteiger partial charge on any atom is 0.254 e. The molecule has 0 unspecified atom stereocenters. The number of aryl methyl sites for hydroxylation is 1. The Morgan fingerprint density at radius 3 is 2.78 bits per heavy atom. The summed E-state index contributed by atoms with van der Waals surface area (Å²) in [6.45, 7) is 1.95. The van der Waals surface area contributed by atoms with Crippen LogP contribution in [0.4, 0.5) is 5.82 Å². The van der Waals surface area contributed by atoms with Crippen molar-refractivity contribution in [3.05, 3.63) is 53.5 Å². The molecule has 0 aliphatic rings. The minimum Gasteiger partial charge on any atom is -0.383 e. The summed E-state index contributed by atoms with van der Waals surface area (Å²) in [5.74, 6) is 1.15. The number of nitrogens with zero attached hydrogens (tertiary/aromatic N) is 4. The van der Waals surface area contributed by atoms with E-state index in [2.05, 4.69) is 27.2 Å². The number of hydrogen-bond acceptors (Lipinski definition) is 4. The van der Waals surface area contributed by atoms with Gasteiger partial charge >= 0.3 is 0 Å². The molecular weight excluding hydrogens is 226 g/mol. The molecule has 5 nitrogen and oxygen atoms in total. The van der Waals surface area contributed by atoms with E-state index in [9.17, 15) is 0 Å². The Morgan fingerprint density at radius 2 is 2.00 bits per heavy atom. The second-order valence-electron chi connectivity index (χ2n) is 4.20. The molecule has 0 radical (unpaired) electrons. The minimum atomic E-state index is 0.543. The summed E-state index contributed by atoms with van der Waals surface area (Å²) in [6, 6.07) is 10.2. The van der Waals surface area contributed by atoms with Crippen LogP contribution in [-0.4, -0.2) is 19.6 Å². The molecule has 0 aliphatic heterocycles. The quantitative estimate of drug-likeness (QED) is 0.737. The predicted molar refractivity (Wildman–Crippen MR) is 69.2 cm³/mol. The fraction of sp³-hybridized carbons (Fsp3) is 0.154. The van der Waals surface area contributed by atoms with E-state index < -0.39 is 0 Å². The Balaban J connectivity index is 2.11. The van der Waals surface area contributed by atoms with Crippen LogP contribution in [0.5, 0.6) is 0 Å². The van der Waals surface area contributed by atoms with E-state index in [4.69, 9.17) is 5.73 Å². The molecule has 3 aromatic rings. The van der Waals surface area contributed by atoms with E-state index in [0.717, 1.165) is 17.7 Å². The molecule has 0 atom stereocenters. The number of rotatable bonds is 2. The molecule has 1 aromatic carbocycles. The fourth-order valence-corrected chi connectivity index (χ4v) is 2.03. The summed E-state index contributed by atoms with van der Waals surface area (Å²) in [6.07, 6.45) is 2.21.